The molecule has 0 aliphatic heterocycles. The molecule has 1 aromatic rings. The van der Waals surface area contributed by atoms with Crippen LogP contribution in [0.15, 0.2) is 24.4 Å². The molecule has 0 aromatic carbocycles. The van der Waals surface area contributed by atoms with Gasteiger partial charge in [-0.3, -0.25) is 14.7 Å². The van der Waals surface area contributed by atoms with Crippen LogP contribution in [0.25, 0.3) is 0 Å². The van der Waals surface area contributed by atoms with E-state index in [4.69, 9.17) is 5.11 Å². The Labute approximate surface area is 105 Å². The number of hydrogen-bond acceptors (Lipinski definition) is 4. The number of aliphatic hydroxyl groups is 1. The van der Waals surface area contributed by atoms with Gasteiger partial charge in [-0.05, 0) is 25.5 Å². The van der Waals surface area contributed by atoms with Crippen LogP contribution in [-0.4, -0.2) is 44.2 Å². The molecule has 1 aromatic heterocycles. The molecule has 1 amide bonds. The predicted octanol–water partition coefficient (Wildman–Crippen LogP) is 0.727. The zero-order chi connectivity index (χ0) is 13.8. The van der Waals surface area contributed by atoms with Crippen LogP contribution < -0.4 is 0 Å². The van der Waals surface area contributed by atoms with Gasteiger partial charge in [-0.1, -0.05) is 13.0 Å². The van der Waals surface area contributed by atoms with Gasteiger partial charge in [-0.25, -0.2) is 4.79 Å². The third-order valence-corrected chi connectivity index (χ3v) is 2.51. The van der Waals surface area contributed by atoms with Crippen LogP contribution in [0.4, 0.5) is 0 Å². The Bertz CT molecular complexity index is 431. The zero-order valence-electron chi connectivity index (χ0n) is 10.3. The number of pyridine rings is 1. The molecule has 0 aliphatic rings. The lowest BCUT2D eigenvalue weighted by atomic mass is 10.1. The Morgan fingerprint density at radius 2 is 2.11 bits per heavy atom. The SMILES string of the molecule is CCCN(C(=O)c1ccccn1)C(C)(O)C(=O)O. The summed E-state index contributed by atoms with van der Waals surface area (Å²) in [5.41, 5.74) is -2.14. The first-order valence-electron chi connectivity index (χ1n) is 5.60. The fourth-order valence-corrected chi connectivity index (χ4v) is 1.48. The van der Waals surface area contributed by atoms with Crippen molar-refractivity contribution < 1.29 is 19.8 Å². The number of nitrogens with zero attached hydrogens (tertiary/aromatic N) is 2. The molecule has 0 saturated heterocycles. The number of aromatic nitrogens is 1. The second kappa shape index (κ2) is 5.59. The molecule has 0 aliphatic carbocycles. The van der Waals surface area contributed by atoms with Crippen molar-refractivity contribution in [2.24, 2.45) is 0 Å². The van der Waals surface area contributed by atoms with Crippen molar-refractivity contribution in [3.63, 3.8) is 0 Å². The second-order valence-corrected chi connectivity index (χ2v) is 4.00. The molecule has 1 rings (SSSR count). The number of carboxylic acid groups (broad SMARTS) is 1. The molecule has 0 saturated carbocycles. The van der Waals surface area contributed by atoms with Crippen LogP contribution >= 0.6 is 0 Å². The molecular formula is C12H16N2O4. The predicted molar refractivity (Wildman–Crippen MR) is 63.8 cm³/mol. The van der Waals surface area contributed by atoms with E-state index in [1.165, 1.54) is 12.3 Å². The van der Waals surface area contributed by atoms with Gasteiger partial charge in [-0.15, -0.1) is 0 Å². The second-order valence-electron chi connectivity index (χ2n) is 4.00. The molecule has 1 unspecified atom stereocenters. The van der Waals surface area contributed by atoms with Gasteiger partial charge in [0.25, 0.3) is 5.91 Å². The first-order valence-corrected chi connectivity index (χ1v) is 5.60. The van der Waals surface area contributed by atoms with E-state index in [0.29, 0.717) is 6.42 Å². The summed E-state index contributed by atoms with van der Waals surface area (Å²) in [5, 5.41) is 18.9. The van der Waals surface area contributed by atoms with E-state index in [1.807, 2.05) is 0 Å². The minimum atomic E-state index is -2.25. The zero-order valence-corrected chi connectivity index (χ0v) is 10.3. The highest BCUT2D eigenvalue weighted by Gasteiger charge is 2.40. The van der Waals surface area contributed by atoms with Gasteiger partial charge in [0, 0.05) is 12.7 Å². The van der Waals surface area contributed by atoms with Gasteiger partial charge >= 0.3 is 5.97 Å². The molecule has 18 heavy (non-hydrogen) atoms. The van der Waals surface area contributed by atoms with Crippen LogP contribution in [0.2, 0.25) is 0 Å². The van der Waals surface area contributed by atoms with Crippen molar-refractivity contribution in [1.82, 2.24) is 9.88 Å². The van der Waals surface area contributed by atoms with Gasteiger partial charge < -0.3 is 10.2 Å². The van der Waals surface area contributed by atoms with E-state index in [1.54, 1.807) is 19.1 Å². The Morgan fingerprint density at radius 3 is 2.56 bits per heavy atom. The third kappa shape index (κ3) is 2.84. The smallest absolute Gasteiger partial charge is 0.357 e. The van der Waals surface area contributed by atoms with Crippen LogP contribution in [-0.2, 0) is 4.79 Å². The van der Waals surface area contributed by atoms with Gasteiger partial charge in [0.05, 0.1) is 0 Å². The number of rotatable bonds is 5. The number of aliphatic carboxylic acids is 1. The summed E-state index contributed by atoms with van der Waals surface area (Å²) >= 11 is 0. The van der Waals surface area contributed by atoms with Gasteiger partial charge in [0.15, 0.2) is 0 Å². The number of hydrogen-bond donors (Lipinski definition) is 2. The quantitative estimate of drug-likeness (QED) is 0.754. The van der Waals surface area contributed by atoms with Crippen LogP contribution in [0.5, 0.6) is 0 Å². The maximum absolute atomic E-state index is 12.1. The van der Waals surface area contributed by atoms with Gasteiger partial charge in [0.1, 0.15) is 5.69 Å². The normalized spacial score (nSPS) is 13.7. The average Bonchev–Trinajstić information content (AvgIpc) is 2.35. The number of carbonyl (C=O) groups is 2. The fourth-order valence-electron chi connectivity index (χ4n) is 1.48. The van der Waals surface area contributed by atoms with E-state index in [0.717, 1.165) is 11.8 Å². The minimum Gasteiger partial charge on any atom is -0.478 e. The first-order chi connectivity index (χ1) is 8.41. The van der Waals surface area contributed by atoms with Crippen LogP contribution in [0.3, 0.4) is 0 Å². The summed E-state index contributed by atoms with van der Waals surface area (Å²) in [5.74, 6) is -2.08. The summed E-state index contributed by atoms with van der Waals surface area (Å²) in [6.45, 7) is 3.00. The molecule has 0 fully saturated rings. The standard InChI is InChI=1S/C12H16N2O4/c1-3-8-14(12(2,18)11(16)17)10(15)9-6-4-5-7-13-9/h4-7,18H,3,8H2,1-2H3,(H,16,17). The van der Waals surface area contributed by atoms with Crippen molar-refractivity contribution in [2.75, 3.05) is 6.54 Å². The van der Waals surface area contributed by atoms with Crippen molar-refractivity contribution in [3.05, 3.63) is 30.1 Å². The minimum absolute atomic E-state index is 0.104. The van der Waals surface area contributed by atoms with Crippen molar-refractivity contribution >= 4 is 11.9 Å². The summed E-state index contributed by atoms with van der Waals surface area (Å²) in [7, 11) is 0. The lowest BCUT2D eigenvalue weighted by molar-refractivity contribution is -0.173. The Kier molecular flexibility index (Phi) is 4.38. The molecule has 6 heteroatoms. The summed E-state index contributed by atoms with van der Waals surface area (Å²) in [6, 6.07) is 4.75. The molecule has 1 heterocycles. The lowest BCUT2D eigenvalue weighted by Gasteiger charge is -2.33. The molecule has 2 N–H and O–H groups in total. The van der Waals surface area contributed by atoms with Crippen molar-refractivity contribution in [1.29, 1.82) is 0 Å². The number of carbonyl (C=O) groups excluding carboxylic acids is 1. The van der Waals surface area contributed by atoms with Crippen LogP contribution in [0, 0.1) is 0 Å². The van der Waals surface area contributed by atoms with Crippen molar-refractivity contribution in [3.8, 4) is 0 Å². The molecule has 1 atom stereocenters. The Balaban J connectivity index is 3.07. The van der Waals surface area contributed by atoms with Gasteiger partial charge in [-0.2, -0.15) is 0 Å². The highest BCUT2D eigenvalue weighted by Crippen LogP contribution is 2.15. The van der Waals surface area contributed by atoms with E-state index in [9.17, 15) is 14.7 Å². The summed E-state index contributed by atoms with van der Waals surface area (Å²) < 4.78 is 0. The average molecular weight is 252 g/mol. The van der Waals surface area contributed by atoms with Crippen molar-refractivity contribution in [2.45, 2.75) is 26.0 Å². The monoisotopic (exact) mass is 252 g/mol. The summed E-state index contributed by atoms with van der Waals surface area (Å²) in [4.78, 5) is 27.9. The maximum Gasteiger partial charge on any atom is 0.357 e. The highest BCUT2D eigenvalue weighted by molar-refractivity contribution is 5.95. The van der Waals surface area contributed by atoms with Gasteiger partial charge in [0.2, 0.25) is 5.72 Å². The number of amides is 1. The summed E-state index contributed by atoms with van der Waals surface area (Å²) in [6.07, 6.45) is 1.97. The van der Waals surface area contributed by atoms with E-state index in [2.05, 4.69) is 4.98 Å². The van der Waals surface area contributed by atoms with E-state index >= 15 is 0 Å². The maximum atomic E-state index is 12.1. The Hall–Kier alpha value is -1.95. The molecular weight excluding hydrogens is 236 g/mol. The fraction of sp³-hybridized carbons (Fsp3) is 0.417. The van der Waals surface area contributed by atoms with E-state index in [-0.39, 0.29) is 12.2 Å². The molecule has 0 radical (unpaired) electrons. The number of carboxylic acids is 1. The Morgan fingerprint density at radius 1 is 1.44 bits per heavy atom. The lowest BCUT2D eigenvalue weighted by Crippen LogP contribution is -2.55. The topological polar surface area (TPSA) is 90.7 Å². The first kappa shape index (κ1) is 14.1. The molecule has 0 spiro atoms. The third-order valence-electron chi connectivity index (χ3n) is 2.51. The molecule has 6 nitrogen and oxygen atoms in total. The molecule has 0 bridgehead atoms. The largest absolute Gasteiger partial charge is 0.478 e. The highest BCUT2D eigenvalue weighted by atomic mass is 16.4. The van der Waals surface area contributed by atoms with Crippen LogP contribution in [0.1, 0.15) is 30.8 Å². The van der Waals surface area contributed by atoms with E-state index < -0.39 is 17.6 Å². The molecule has 98 valence electrons.